The second-order valence-corrected chi connectivity index (χ2v) is 8.87. The summed E-state index contributed by atoms with van der Waals surface area (Å²) in [7, 11) is 0. The van der Waals surface area contributed by atoms with Gasteiger partial charge < -0.3 is 25.7 Å². The van der Waals surface area contributed by atoms with Gasteiger partial charge in [0.2, 0.25) is 0 Å². The lowest BCUT2D eigenvalue weighted by Gasteiger charge is -2.31. The predicted octanol–water partition coefficient (Wildman–Crippen LogP) is 2.22. The van der Waals surface area contributed by atoms with Gasteiger partial charge in [0.15, 0.2) is 12.2 Å². The maximum atomic E-state index is 9.77. The van der Waals surface area contributed by atoms with Crippen molar-refractivity contribution < 1.29 is 30.0 Å². The molecule has 1 aliphatic heterocycles. The van der Waals surface area contributed by atoms with Gasteiger partial charge in [-0.2, -0.15) is 0 Å². The standard InChI is InChI=1S/C17H24Cl2N2.C4H6O6/c18-15-6-5-14(17(19)9-15)12-21(16-3-1-2-4-16)11-13-7-8-20-10-13;5-1(3(7)8)2(6)4(9)10/h5-6,9,13,16,20H,1-4,7-8,10-12H2;1-2,5-6H,(H,7,8)(H,9,10)/t13-;1-,2-/m01/s1. The number of halogens is 2. The van der Waals surface area contributed by atoms with Crippen LogP contribution >= 0.6 is 23.2 Å². The Morgan fingerprint density at radius 1 is 1.06 bits per heavy atom. The average Bonchev–Trinajstić information content (AvgIpc) is 3.42. The highest BCUT2D eigenvalue weighted by Gasteiger charge is 2.29. The summed E-state index contributed by atoms with van der Waals surface area (Å²) in [6.07, 6.45) is 2.19. The van der Waals surface area contributed by atoms with E-state index in [1.54, 1.807) is 0 Å². The number of carboxylic acids is 2. The van der Waals surface area contributed by atoms with Gasteiger partial charge in [-0.05, 0) is 56.0 Å². The van der Waals surface area contributed by atoms with Crippen molar-refractivity contribution >= 4 is 35.1 Å². The van der Waals surface area contributed by atoms with Crippen molar-refractivity contribution in [3.8, 4) is 0 Å². The number of carbonyl (C=O) groups is 2. The maximum Gasteiger partial charge on any atom is 0.335 e. The first-order valence-electron chi connectivity index (χ1n) is 10.4. The predicted molar refractivity (Wildman–Crippen MR) is 117 cm³/mol. The van der Waals surface area contributed by atoms with Gasteiger partial charge in [-0.3, -0.25) is 4.90 Å². The minimum Gasteiger partial charge on any atom is -0.479 e. The Balaban J connectivity index is 0.000000291. The van der Waals surface area contributed by atoms with Crippen LogP contribution in [0.4, 0.5) is 0 Å². The number of aliphatic carboxylic acids is 2. The molecule has 0 unspecified atom stereocenters. The molecule has 5 N–H and O–H groups in total. The van der Waals surface area contributed by atoms with Crippen LogP contribution in [0.5, 0.6) is 0 Å². The summed E-state index contributed by atoms with van der Waals surface area (Å²) >= 11 is 12.4. The van der Waals surface area contributed by atoms with Crippen LogP contribution in [-0.4, -0.2) is 75.1 Å². The summed E-state index contributed by atoms with van der Waals surface area (Å²) in [5.41, 5.74) is 1.21. The summed E-state index contributed by atoms with van der Waals surface area (Å²) in [6, 6.07) is 6.63. The van der Waals surface area contributed by atoms with E-state index in [2.05, 4.69) is 16.3 Å². The molecule has 1 saturated carbocycles. The molecular formula is C21H30Cl2N2O6. The fraction of sp³-hybridized carbons (Fsp3) is 0.619. The normalized spacial score (nSPS) is 20.9. The third kappa shape index (κ3) is 8.21. The van der Waals surface area contributed by atoms with Crippen LogP contribution in [0.25, 0.3) is 0 Å². The highest BCUT2D eigenvalue weighted by molar-refractivity contribution is 6.35. The van der Waals surface area contributed by atoms with E-state index in [-0.39, 0.29) is 0 Å². The Bertz CT molecular complexity index is 721. The number of nitrogens with zero attached hydrogens (tertiary/aromatic N) is 1. The lowest BCUT2D eigenvalue weighted by atomic mass is 10.1. The number of hydrogen-bond donors (Lipinski definition) is 5. The van der Waals surface area contributed by atoms with Crippen LogP contribution in [0.2, 0.25) is 10.0 Å². The first-order chi connectivity index (χ1) is 14.7. The van der Waals surface area contributed by atoms with E-state index in [0.717, 1.165) is 35.1 Å². The Kier molecular flexibility index (Phi) is 10.5. The van der Waals surface area contributed by atoms with Gasteiger partial charge in [0.05, 0.1) is 0 Å². The van der Waals surface area contributed by atoms with Gasteiger partial charge in [0.25, 0.3) is 0 Å². The number of hydrogen-bond acceptors (Lipinski definition) is 6. The Morgan fingerprint density at radius 2 is 1.68 bits per heavy atom. The molecule has 3 rings (SSSR count). The molecule has 2 fully saturated rings. The molecule has 0 radical (unpaired) electrons. The molecule has 1 aromatic carbocycles. The number of benzene rings is 1. The van der Waals surface area contributed by atoms with E-state index in [9.17, 15) is 9.59 Å². The van der Waals surface area contributed by atoms with Crippen molar-refractivity contribution in [1.29, 1.82) is 0 Å². The smallest absolute Gasteiger partial charge is 0.335 e. The van der Waals surface area contributed by atoms with E-state index in [1.165, 1.54) is 50.8 Å². The lowest BCUT2D eigenvalue weighted by Crippen LogP contribution is -2.39. The molecule has 8 nitrogen and oxygen atoms in total. The summed E-state index contributed by atoms with van der Waals surface area (Å²) in [4.78, 5) is 22.2. The van der Waals surface area contributed by atoms with Crippen molar-refractivity contribution in [2.24, 2.45) is 5.92 Å². The Labute approximate surface area is 191 Å². The minimum absolute atomic E-state index is 0.719. The second kappa shape index (κ2) is 12.6. The van der Waals surface area contributed by atoms with E-state index < -0.39 is 24.1 Å². The van der Waals surface area contributed by atoms with Crippen molar-refractivity contribution in [3.05, 3.63) is 33.8 Å². The molecule has 31 heavy (non-hydrogen) atoms. The molecule has 0 amide bonds. The number of carboxylic acid groups (broad SMARTS) is 2. The molecule has 1 aliphatic carbocycles. The van der Waals surface area contributed by atoms with E-state index >= 15 is 0 Å². The summed E-state index contributed by atoms with van der Waals surface area (Å²) in [5.74, 6) is -2.75. The molecule has 3 atom stereocenters. The van der Waals surface area contributed by atoms with Gasteiger partial charge in [-0.15, -0.1) is 0 Å². The largest absolute Gasteiger partial charge is 0.479 e. The highest BCUT2D eigenvalue weighted by atomic mass is 35.5. The van der Waals surface area contributed by atoms with Gasteiger partial charge >= 0.3 is 11.9 Å². The third-order valence-corrected chi connectivity index (χ3v) is 6.28. The molecule has 0 aromatic heterocycles. The molecule has 0 bridgehead atoms. The van der Waals surface area contributed by atoms with Gasteiger partial charge in [-0.1, -0.05) is 42.1 Å². The minimum atomic E-state index is -2.27. The van der Waals surface area contributed by atoms with Crippen LogP contribution in [-0.2, 0) is 16.1 Å². The molecule has 1 aromatic rings. The molecule has 1 heterocycles. The Morgan fingerprint density at radius 3 is 2.16 bits per heavy atom. The van der Waals surface area contributed by atoms with Crippen molar-refractivity contribution in [1.82, 2.24) is 10.2 Å². The maximum absolute atomic E-state index is 9.77. The summed E-state index contributed by atoms with van der Waals surface area (Å²) in [6.45, 7) is 4.48. The molecule has 174 valence electrons. The van der Waals surface area contributed by atoms with Gasteiger partial charge in [0, 0.05) is 29.2 Å². The molecule has 10 heteroatoms. The monoisotopic (exact) mass is 476 g/mol. The number of rotatable bonds is 8. The van der Waals surface area contributed by atoms with Crippen LogP contribution in [0.3, 0.4) is 0 Å². The first-order valence-corrected chi connectivity index (χ1v) is 11.1. The fourth-order valence-corrected chi connectivity index (χ4v) is 4.42. The zero-order chi connectivity index (χ0) is 23.0. The van der Waals surface area contributed by atoms with Crippen molar-refractivity contribution in [2.45, 2.75) is 56.9 Å². The van der Waals surface area contributed by atoms with Crippen LogP contribution in [0.1, 0.15) is 37.7 Å². The highest BCUT2D eigenvalue weighted by Crippen LogP contribution is 2.29. The van der Waals surface area contributed by atoms with Gasteiger partial charge in [-0.25, -0.2) is 9.59 Å². The van der Waals surface area contributed by atoms with E-state index in [1.807, 2.05) is 12.1 Å². The summed E-state index contributed by atoms with van der Waals surface area (Å²) < 4.78 is 0. The third-order valence-electron chi connectivity index (χ3n) is 5.69. The quantitative estimate of drug-likeness (QED) is 0.386. The second-order valence-electron chi connectivity index (χ2n) is 8.03. The van der Waals surface area contributed by atoms with E-state index in [4.69, 9.17) is 43.6 Å². The van der Waals surface area contributed by atoms with Crippen LogP contribution in [0.15, 0.2) is 18.2 Å². The zero-order valence-corrected chi connectivity index (χ0v) is 18.7. The zero-order valence-electron chi connectivity index (χ0n) is 17.2. The van der Waals surface area contributed by atoms with Crippen molar-refractivity contribution in [3.63, 3.8) is 0 Å². The molecule has 1 saturated heterocycles. The van der Waals surface area contributed by atoms with E-state index in [0.29, 0.717) is 0 Å². The summed E-state index contributed by atoms with van der Waals surface area (Å²) in [5, 5.41) is 37.5. The SMILES string of the molecule is Clc1ccc(CN(C[C@H]2CCNC2)C2CCCC2)c(Cl)c1.O=C(O)[C@H](O)[C@@H](O)C(=O)O. The Hall–Kier alpha value is -1.42. The van der Waals surface area contributed by atoms with Gasteiger partial charge in [0.1, 0.15) is 0 Å². The molecule has 0 spiro atoms. The fourth-order valence-electron chi connectivity index (χ4n) is 3.95. The lowest BCUT2D eigenvalue weighted by molar-refractivity contribution is -0.165. The average molecular weight is 477 g/mol. The topological polar surface area (TPSA) is 130 Å². The first kappa shape index (κ1) is 25.8. The molecular weight excluding hydrogens is 447 g/mol. The number of aliphatic hydroxyl groups is 2. The number of nitrogens with one attached hydrogen (secondary N) is 1. The van der Waals surface area contributed by atoms with Crippen LogP contribution < -0.4 is 5.32 Å². The number of aliphatic hydroxyl groups excluding tert-OH is 2. The molecule has 2 aliphatic rings. The van der Waals surface area contributed by atoms with Crippen LogP contribution in [0, 0.1) is 5.92 Å². The van der Waals surface area contributed by atoms with Crippen molar-refractivity contribution in [2.75, 3.05) is 19.6 Å².